The maximum Gasteiger partial charge on any atom is 0.270 e. The molecule has 0 saturated carbocycles. The largest absolute Gasteiger partial charge is 0.295 e. The predicted octanol–water partition coefficient (Wildman–Crippen LogP) is 7.14. The molecule has 0 spiro atoms. The van der Waals surface area contributed by atoms with E-state index in [-0.39, 0.29) is 16.2 Å². The average Bonchev–Trinajstić information content (AvgIpc) is 2.92. The van der Waals surface area contributed by atoms with Gasteiger partial charge in [-0.05, 0) is 81.4 Å². The Morgan fingerprint density at radius 2 is 1.53 bits per heavy atom. The Bertz CT molecular complexity index is 1090. The molecule has 6 heteroatoms. The van der Waals surface area contributed by atoms with Gasteiger partial charge in [0, 0.05) is 24.3 Å². The smallest absolute Gasteiger partial charge is 0.270 e. The molecule has 0 fully saturated rings. The van der Waals surface area contributed by atoms with Crippen molar-refractivity contribution in [1.82, 2.24) is 0 Å². The van der Waals surface area contributed by atoms with E-state index in [2.05, 4.69) is 26.0 Å². The second-order valence-electron chi connectivity index (χ2n) is 8.59. The summed E-state index contributed by atoms with van der Waals surface area (Å²) in [5.74, 6) is -2.78. The molecule has 2 aromatic carbocycles. The van der Waals surface area contributed by atoms with Gasteiger partial charge in [-0.25, -0.2) is 17.2 Å². The number of allylic oxidation sites excluding steroid dienone is 2. The van der Waals surface area contributed by atoms with Gasteiger partial charge >= 0.3 is 0 Å². The van der Waals surface area contributed by atoms with Crippen molar-refractivity contribution in [3.8, 4) is 0 Å². The molecule has 3 nitrogen and oxygen atoms in total. The van der Waals surface area contributed by atoms with E-state index in [4.69, 9.17) is 0 Å². The molecular weight excluding hydrogens is 430 g/mol. The minimum absolute atomic E-state index is 0.0468. The van der Waals surface area contributed by atoms with E-state index >= 15 is 0 Å². The van der Waals surface area contributed by atoms with Crippen molar-refractivity contribution in [2.75, 3.05) is 6.26 Å². The lowest BCUT2D eigenvalue weighted by Gasteiger charge is -2.14. The van der Waals surface area contributed by atoms with Crippen LogP contribution in [0.5, 0.6) is 0 Å². The van der Waals surface area contributed by atoms with E-state index in [0.717, 1.165) is 37.3 Å². The van der Waals surface area contributed by atoms with Crippen molar-refractivity contribution in [3.05, 3.63) is 70.3 Å². The Morgan fingerprint density at radius 1 is 0.938 bits per heavy atom. The summed E-state index contributed by atoms with van der Waals surface area (Å²) in [5, 5.41) is 0. The minimum Gasteiger partial charge on any atom is -0.295 e. The fourth-order valence-electron chi connectivity index (χ4n) is 3.76. The van der Waals surface area contributed by atoms with Crippen LogP contribution in [0.4, 0.5) is 8.78 Å². The lowest BCUT2D eigenvalue weighted by atomic mass is 9.91. The normalized spacial score (nSPS) is 15.0. The molecule has 0 aliphatic heterocycles. The van der Waals surface area contributed by atoms with Crippen molar-refractivity contribution in [3.63, 3.8) is 0 Å². The Balaban J connectivity index is 0.000000235. The zero-order valence-electron chi connectivity index (χ0n) is 19.5. The van der Waals surface area contributed by atoms with Crippen LogP contribution in [0.25, 0.3) is 5.57 Å². The van der Waals surface area contributed by atoms with Crippen LogP contribution in [0, 0.1) is 6.92 Å². The fraction of sp³-hybridized carbons (Fsp3) is 0.423. The quantitative estimate of drug-likeness (QED) is 0.454. The van der Waals surface area contributed by atoms with Crippen molar-refractivity contribution < 1.29 is 22.0 Å². The molecule has 0 radical (unpaired) electrons. The zero-order valence-corrected chi connectivity index (χ0v) is 20.3. The number of benzene rings is 2. The van der Waals surface area contributed by atoms with Gasteiger partial charge in [-0.3, -0.25) is 4.79 Å². The van der Waals surface area contributed by atoms with Gasteiger partial charge < -0.3 is 0 Å². The summed E-state index contributed by atoms with van der Waals surface area (Å²) in [7, 11) is -3.31. The topological polar surface area (TPSA) is 51.2 Å². The molecule has 0 saturated heterocycles. The molecule has 0 amide bonds. The first-order chi connectivity index (χ1) is 14.8. The Labute approximate surface area is 190 Å². The summed E-state index contributed by atoms with van der Waals surface area (Å²) in [6.45, 7) is 6.80. The third kappa shape index (κ3) is 7.09. The van der Waals surface area contributed by atoms with E-state index in [1.807, 2.05) is 6.07 Å². The van der Waals surface area contributed by atoms with Crippen LogP contribution in [0.2, 0.25) is 0 Å². The predicted molar refractivity (Wildman–Crippen MR) is 126 cm³/mol. The fourth-order valence-corrected chi connectivity index (χ4v) is 4.39. The van der Waals surface area contributed by atoms with Gasteiger partial charge in [-0.15, -0.1) is 0 Å². The maximum absolute atomic E-state index is 12.7. The van der Waals surface area contributed by atoms with E-state index in [0.29, 0.717) is 0 Å². The van der Waals surface area contributed by atoms with Crippen LogP contribution >= 0.6 is 0 Å². The molecule has 32 heavy (non-hydrogen) atoms. The highest BCUT2D eigenvalue weighted by atomic mass is 32.2. The maximum atomic E-state index is 12.7. The van der Waals surface area contributed by atoms with Gasteiger partial charge in [0.25, 0.3) is 5.92 Å². The standard InChI is InChI=1S/C17H22O.C9H10F2O2S/c1-12-7-5-4-6-8-16(12)17-11-15(14(3)18)10-9-13(17)2;1-9(10,11)7-3-5-8(6-4-7)14(2,12)13/h9-11H,4-8H2,1-3H3;3-6H,1-2H3. The number of hydrogen-bond donors (Lipinski definition) is 0. The van der Waals surface area contributed by atoms with Crippen molar-refractivity contribution in [2.24, 2.45) is 0 Å². The second-order valence-corrected chi connectivity index (χ2v) is 10.6. The van der Waals surface area contributed by atoms with Gasteiger partial charge in [-0.1, -0.05) is 36.3 Å². The lowest BCUT2D eigenvalue weighted by Crippen LogP contribution is -2.07. The average molecular weight is 463 g/mol. The highest BCUT2D eigenvalue weighted by molar-refractivity contribution is 7.90. The molecule has 0 bridgehead atoms. The molecule has 0 heterocycles. The summed E-state index contributed by atoms with van der Waals surface area (Å²) in [4.78, 5) is 11.6. The van der Waals surface area contributed by atoms with Crippen molar-refractivity contribution >= 4 is 21.2 Å². The summed E-state index contributed by atoms with van der Waals surface area (Å²) >= 11 is 0. The van der Waals surface area contributed by atoms with Crippen molar-refractivity contribution in [1.29, 1.82) is 0 Å². The highest BCUT2D eigenvalue weighted by Gasteiger charge is 2.24. The van der Waals surface area contributed by atoms with E-state index < -0.39 is 15.8 Å². The first-order valence-corrected chi connectivity index (χ1v) is 12.7. The number of aryl methyl sites for hydroxylation is 1. The molecule has 3 rings (SSSR count). The number of hydrogen-bond acceptors (Lipinski definition) is 3. The van der Waals surface area contributed by atoms with Crippen LogP contribution in [0.3, 0.4) is 0 Å². The zero-order chi connectivity index (χ0) is 24.1. The van der Waals surface area contributed by atoms with Gasteiger partial charge in [0.2, 0.25) is 0 Å². The van der Waals surface area contributed by atoms with Crippen LogP contribution in [0.1, 0.15) is 79.9 Å². The number of sulfone groups is 1. The van der Waals surface area contributed by atoms with E-state index in [1.165, 1.54) is 60.1 Å². The minimum atomic E-state index is -3.31. The number of ketones is 1. The Hall–Kier alpha value is -2.34. The molecule has 1 aliphatic carbocycles. The summed E-state index contributed by atoms with van der Waals surface area (Å²) in [5.41, 5.74) is 6.22. The van der Waals surface area contributed by atoms with Crippen LogP contribution in [-0.4, -0.2) is 20.5 Å². The third-order valence-electron chi connectivity index (χ3n) is 5.75. The van der Waals surface area contributed by atoms with Crippen LogP contribution in [0.15, 0.2) is 52.9 Å². The third-order valence-corrected chi connectivity index (χ3v) is 6.88. The Morgan fingerprint density at radius 3 is 2.06 bits per heavy atom. The molecule has 0 N–H and O–H groups in total. The summed E-state index contributed by atoms with van der Waals surface area (Å²) in [6, 6.07) is 10.7. The van der Waals surface area contributed by atoms with Gasteiger partial charge in [0.05, 0.1) is 4.90 Å². The highest BCUT2D eigenvalue weighted by Crippen LogP contribution is 2.33. The second kappa shape index (κ2) is 10.5. The summed E-state index contributed by atoms with van der Waals surface area (Å²) < 4.78 is 47.5. The van der Waals surface area contributed by atoms with Gasteiger partial charge in [0.15, 0.2) is 15.6 Å². The molecule has 174 valence electrons. The van der Waals surface area contributed by atoms with E-state index in [9.17, 15) is 22.0 Å². The molecule has 0 unspecified atom stereocenters. The van der Waals surface area contributed by atoms with Gasteiger partial charge in [-0.2, -0.15) is 0 Å². The molecule has 0 atom stereocenters. The lowest BCUT2D eigenvalue weighted by molar-refractivity contribution is 0.0174. The number of halogens is 2. The number of Topliss-reactive ketones (excluding diaryl/α,β-unsaturated/α-hetero) is 1. The molecule has 1 aliphatic rings. The number of rotatable bonds is 4. The monoisotopic (exact) mass is 462 g/mol. The number of carbonyl (C=O) groups is 1. The molecule has 0 aromatic heterocycles. The van der Waals surface area contributed by atoms with Crippen molar-refractivity contribution in [2.45, 2.75) is 70.6 Å². The summed E-state index contributed by atoms with van der Waals surface area (Å²) in [6.07, 6.45) is 7.31. The van der Waals surface area contributed by atoms with Gasteiger partial charge in [0.1, 0.15) is 0 Å². The molecule has 2 aromatic rings. The molecular formula is C26H32F2O3S. The first-order valence-electron chi connectivity index (χ1n) is 10.8. The Kier molecular flexibility index (Phi) is 8.52. The van der Waals surface area contributed by atoms with Crippen LogP contribution < -0.4 is 0 Å². The van der Waals surface area contributed by atoms with E-state index in [1.54, 1.807) is 6.92 Å². The number of alkyl halides is 2. The number of carbonyl (C=O) groups excluding carboxylic acids is 1. The SMILES string of the molecule is CC(=O)c1ccc(C)c(C2=C(C)CCCCC2)c1.CC(F)(F)c1ccc(S(C)(=O)=O)cc1. The first kappa shape index (κ1) is 25.9. The van der Waals surface area contributed by atoms with Crippen LogP contribution in [-0.2, 0) is 15.8 Å².